The van der Waals surface area contributed by atoms with Gasteiger partial charge in [-0.25, -0.2) is 9.32 Å². The lowest BCUT2D eigenvalue weighted by Gasteiger charge is -1.96. The maximum atomic E-state index is 11.3. The van der Waals surface area contributed by atoms with E-state index in [4.69, 9.17) is 4.52 Å². The van der Waals surface area contributed by atoms with Crippen LogP contribution in [0.5, 0.6) is 5.75 Å². The second-order valence-corrected chi connectivity index (χ2v) is 4.28. The van der Waals surface area contributed by atoms with Crippen LogP contribution in [0.25, 0.3) is 0 Å². The largest absolute Gasteiger partial charge is 0.808 e. The minimum absolute atomic E-state index is 0.179. The van der Waals surface area contributed by atoms with Crippen molar-refractivity contribution in [3.05, 3.63) is 42.0 Å². The molecule has 0 fully saturated rings. The van der Waals surface area contributed by atoms with E-state index in [2.05, 4.69) is 11.1 Å². The van der Waals surface area contributed by atoms with Crippen LogP contribution < -0.4 is 4.52 Å². The molecule has 90 valence electrons. The second-order valence-electron chi connectivity index (χ2n) is 3.47. The van der Waals surface area contributed by atoms with Gasteiger partial charge in [-0.05, 0) is 31.0 Å². The molecule has 0 saturated carbocycles. The van der Waals surface area contributed by atoms with Crippen molar-refractivity contribution in [2.45, 2.75) is 20.3 Å². The van der Waals surface area contributed by atoms with E-state index in [1.54, 1.807) is 12.1 Å². The predicted molar refractivity (Wildman–Crippen MR) is 65.0 cm³/mol. The zero-order chi connectivity index (χ0) is 12.8. The van der Waals surface area contributed by atoms with E-state index in [1.807, 2.05) is 19.1 Å². The highest BCUT2D eigenvalue weighted by atomic mass is 31.1. The summed E-state index contributed by atoms with van der Waals surface area (Å²) in [4.78, 5) is 11.1. The fraction of sp³-hybridized carbons (Fsp3) is 0.250. The van der Waals surface area contributed by atoms with Crippen molar-refractivity contribution in [3.8, 4) is 5.75 Å². The van der Waals surface area contributed by atoms with Gasteiger partial charge in [0.15, 0.2) is 5.75 Å². The highest BCUT2D eigenvalue weighted by Gasteiger charge is 2.28. The zero-order valence-electron chi connectivity index (χ0n) is 9.80. The summed E-state index contributed by atoms with van der Waals surface area (Å²) in [6.45, 7) is 6.89. The Morgan fingerprint density at radius 1 is 1.35 bits per heavy atom. The molecule has 0 aromatic heterocycles. The molecular formula is C12H14O4P+. The van der Waals surface area contributed by atoms with Crippen molar-refractivity contribution < 1.29 is 18.4 Å². The Bertz CT molecular complexity index is 436. The first kappa shape index (κ1) is 13.4. The van der Waals surface area contributed by atoms with Crippen molar-refractivity contribution in [2.75, 3.05) is 0 Å². The van der Waals surface area contributed by atoms with Gasteiger partial charge in [-0.15, -0.1) is 0 Å². The van der Waals surface area contributed by atoms with Crippen LogP contribution in [0, 0.1) is 0 Å². The summed E-state index contributed by atoms with van der Waals surface area (Å²) in [5.41, 5.74) is 1.32. The lowest BCUT2D eigenvalue weighted by molar-refractivity contribution is -0.129. The van der Waals surface area contributed by atoms with Gasteiger partial charge >= 0.3 is 14.2 Å². The number of hydrogen-bond acceptors (Lipinski definition) is 4. The zero-order valence-corrected chi connectivity index (χ0v) is 10.7. The molecule has 1 aromatic rings. The molecule has 1 atom stereocenters. The highest BCUT2D eigenvalue weighted by Crippen LogP contribution is 2.28. The molecule has 17 heavy (non-hydrogen) atoms. The van der Waals surface area contributed by atoms with Crippen LogP contribution in [0.3, 0.4) is 0 Å². The van der Waals surface area contributed by atoms with Gasteiger partial charge in [0.05, 0.1) is 0 Å². The fourth-order valence-corrected chi connectivity index (χ4v) is 1.66. The highest BCUT2D eigenvalue weighted by molar-refractivity contribution is 7.34. The van der Waals surface area contributed by atoms with Crippen LogP contribution in [-0.2, 0) is 20.3 Å². The minimum atomic E-state index is -2.50. The quantitative estimate of drug-likeness (QED) is 0.596. The first-order valence-electron chi connectivity index (χ1n) is 5.15. The molecule has 0 N–H and O–H groups in total. The van der Waals surface area contributed by atoms with E-state index in [-0.39, 0.29) is 5.57 Å². The van der Waals surface area contributed by atoms with E-state index >= 15 is 0 Å². The number of carbonyl (C=O) groups is 1. The Morgan fingerprint density at radius 3 is 2.41 bits per heavy atom. The van der Waals surface area contributed by atoms with Crippen molar-refractivity contribution in [3.63, 3.8) is 0 Å². The van der Waals surface area contributed by atoms with Crippen molar-refractivity contribution in [1.29, 1.82) is 0 Å². The maximum Gasteiger partial charge on any atom is 0.808 e. The lowest BCUT2D eigenvalue weighted by Crippen LogP contribution is -2.00. The number of benzene rings is 1. The van der Waals surface area contributed by atoms with E-state index in [0.717, 1.165) is 12.0 Å². The molecule has 5 heteroatoms. The molecule has 0 saturated heterocycles. The summed E-state index contributed by atoms with van der Waals surface area (Å²) >= 11 is 0. The minimum Gasteiger partial charge on any atom is -0.241 e. The van der Waals surface area contributed by atoms with Gasteiger partial charge in [0, 0.05) is 10.1 Å². The Hall–Kier alpha value is -1.67. The monoisotopic (exact) mass is 253 g/mol. The summed E-state index contributed by atoms with van der Waals surface area (Å²) in [6, 6.07) is 7.08. The number of hydrogen-bond donors (Lipinski definition) is 0. The van der Waals surface area contributed by atoms with Crippen molar-refractivity contribution in [2.24, 2.45) is 0 Å². The van der Waals surface area contributed by atoms with Gasteiger partial charge < -0.3 is 0 Å². The first-order valence-corrected chi connectivity index (χ1v) is 6.24. The van der Waals surface area contributed by atoms with Crippen LogP contribution in [-0.4, -0.2) is 5.97 Å². The normalized spacial score (nSPS) is 10.6. The molecule has 0 radical (unpaired) electrons. The van der Waals surface area contributed by atoms with Gasteiger partial charge in [-0.1, -0.05) is 25.6 Å². The van der Waals surface area contributed by atoms with Crippen LogP contribution >= 0.6 is 8.25 Å². The van der Waals surface area contributed by atoms with E-state index < -0.39 is 14.2 Å². The van der Waals surface area contributed by atoms with Crippen LogP contribution in [0.2, 0.25) is 0 Å². The van der Waals surface area contributed by atoms with Gasteiger partial charge in [-0.2, -0.15) is 4.52 Å². The van der Waals surface area contributed by atoms with Crippen molar-refractivity contribution in [1.82, 2.24) is 0 Å². The third kappa shape index (κ3) is 4.37. The number of rotatable bonds is 5. The third-order valence-corrected chi connectivity index (χ3v) is 2.69. The molecule has 0 aliphatic carbocycles. The molecule has 0 spiro atoms. The maximum absolute atomic E-state index is 11.3. The Balaban J connectivity index is 2.56. The Kier molecular flexibility index (Phi) is 4.85. The third-order valence-electron chi connectivity index (χ3n) is 2.02. The first-order chi connectivity index (χ1) is 8.02. The molecule has 0 amide bonds. The standard InChI is InChI=1S/C12H14O4P/c1-4-10-5-7-11(8-6-10)15-17(14)16-12(13)9(2)3/h5-8H,2,4H2,1,3H3/q+1. The Labute approximate surface area is 101 Å². The molecule has 0 bridgehead atoms. The smallest absolute Gasteiger partial charge is 0.241 e. The summed E-state index contributed by atoms with van der Waals surface area (Å²) in [5, 5.41) is 0. The van der Waals surface area contributed by atoms with Gasteiger partial charge in [0.2, 0.25) is 0 Å². The van der Waals surface area contributed by atoms with Crippen LogP contribution in [0.15, 0.2) is 36.4 Å². The average Bonchev–Trinajstić information content (AvgIpc) is 2.29. The fourth-order valence-electron chi connectivity index (χ4n) is 1.04. The number of aryl methyl sites for hydroxylation is 1. The predicted octanol–water partition coefficient (Wildman–Crippen LogP) is 3.40. The van der Waals surface area contributed by atoms with Crippen molar-refractivity contribution >= 4 is 14.2 Å². The summed E-state index contributed by atoms with van der Waals surface area (Å²) in [6.07, 6.45) is 0.914. The molecule has 0 aliphatic heterocycles. The van der Waals surface area contributed by atoms with Gasteiger partial charge in [0.25, 0.3) is 0 Å². The van der Waals surface area contributed by atoms with E-state index in [1.165, 1.54) is 6.92 Å². The lowest BCUT2D eigenvalue weighted by atomic mass is 10.2. The molecule has 1 aromatic carbocycles. The molecule has 1 rings (SSSR count). The summed E-state index contributed by atoms with van der Waals surface area (Å²) in [5.74, 6) is -0.325. The van der Waals surface area contributed by atoms with Crippen LogP contribution in [0.1, 0.15) is 19.4 Å². The number of carbonyl (C=O) groups excluding carboxylic acids is 1. The molecular weight excluding hydrogens is 239 g/mol. The van der Waals surface area contributed by atoms with E-state index in [0.29, 0.717) is 5.75 Å². The van der Waals surface area contributed by atoms with Crippen LogP contribution in [0.4, 0.5) is 0 Å². The molecule has 1 unspecified atom stereocenters. The van der Waals surface area contributed by atoms with Gasteiger partial charge in [-0.3, -0.25) is 0 Å². The average molecular weight is 253 g/mol. The Morgan fingerprint density at radius 2 is 1.94 bits per heavy atom. The topological polar surface area (TPSA) is 52.6 Å². The van der Waals surface area contributed by atoms with Gasteiger partial charge in [0.1, 0.15) is 0 Å². The SMILES string of the molecule is C=C(C)C(=O)O[P+](=O)Oc1ccc(CC)cc1. The second kappa shape index (κ2) is 6.16. The summed E-state index contributed by atoms with van der Waals surface area (Å²) in [7, 11) is -2.50. The van der Waals surface area contributed by atoms with E-state index in [9.17, 15) is 9.36 Å². The molecule has 0 aliphatic rings. The molecule has 4 nitrogen and oxygen atoms in total. The summed E-state index contributed by atoms with van der Waals surface area (Å²) < 4.78 is 20.8. The molecule has 0 heterocycles.